The first-order valence-electron chi connectivity index (χ1n) is 8.00. The van der Waals surface area contributed by atoms with E-state index in [1.807, 2.05) is 0 Å². The maximum absolute atomic E-state index is 11.5. The normalized spacial score (nSPS) is 22.3. The van der Waals surface area contributed by atoms with Crippen molar-refractivity contribution in [3.05, 3.63) is 29.3 Å². The van der Waals surface area contributed by atoms with Crippen LogP contribution in [-0.4, -0.2) is 25.0 Å². The molecule has 1 heterocycles. The Morgan fingerprint density at radius 3 is 2.90 bits per heavy atom. The van der Waals surface area contributed by atoms with Gasteiger partial charge in [0.05, 0.1) is 5.92 Å². The Balaban J connectivity index is 1.77. The quantitative estimate of drug-likeness (QED) is 0.870. The van der Waals surface area contributed by atoms with Crippen LogP contribution in [0.4, 0.5) is 5.69 Å². The number of nitrogens with two attached hydrogens (primary N) is 1. The molecule has 0 bridgehead atoms. The van der Waals surface area contributed by atoms with Gasteiger partial charge < -0.3 is 16.0 Å². The molecule has 1 unspecified atom stereocenters. The summed E-state index contributed by atoms with van der Waals surface area (Å²) in [5.74, 6) is -0.172. The van der Waals surface area contributed by atoms with Gasteiger partial charge in [0.25, 0.3) is 0 Å². The minimum absolute atomic E-state index is 0.00991. The molecule has 0 spiro atoms. The predicted molar refractivity (Wildman–Crippen MR) is 85.2 cm³/mol. The summed E-state index contributed by atoms with van der Waals surface area (Å²) in [5.41, 5.74) is 9.39. The lowest BCUT2D eigenvalue weighted by atomic mass is 9.96. The highest BCUT2D eigenvalue weighted by Crippen LogP contribution is 2.28. The Hall–Kier alpha value is -1.55. The second kappa shape index (κ2) is 6.06. The Bertz CT molecular complexity index is 525. The van der Waals surface area contributed by atoms with Crippen molar-refractivity contribution in [3.63, 3.8) is 0 Å². The molecule has 1 saturated carbocycles. The third-order valence-electron chi connectivity index (χ3n) is 4.56. The number of carbonyl (C=O) groups excluding carboxylic acids is 1. The lowest BCUT2D eigenvalue weighted by Crippen LogP contribution is -2.41. The van der Waals surface area contributed by atoms with Crippen LogP contribution in [0.15, 0.2) is 18.2 Å². The Kier molecular flexibility index (Phi) is 4.15. The van der Waals surface area contributed by atoms with E-state index in [1.54, 1.807) is 0 Å². The standard InChI is InChI=1S/C17H25N3O/c1-12-4-7-16(14(9-12)10-19-15-5-6-15)20-8-2-3-13(11-20)17(18)21/h4,7,9,13,15,19H,2-3,5-6,8,10-11H2,1H3,(H2,18,21). The van der Waals surface area contributed by atoms with E-state index >= 15 is 0 Å². The summed E-state index contributed by atoms with van der Waals surface area (Å²) in [7, 11) is 0. The maximum atomic E-state index is 11.5. The van der Waals surface area contributed by atoms with Crippen LogP contribution in [-0.2, 0) is 11.3 Å². The summed E-state index contributed by atoms with van der Waals surface area (Å²) < 4.78 is 0. The smallest absolute Gasteiger partial charge is 0.222 e. The number of primary amides is 1. The van der Waals surface area contributed by atoms with Gasteiger partial charge in [0.1, 0.15) is 0 Å². The van der Waals surface area contributed by atoms with E-state index in [0.29, 0.717) is 6.04 Å². The van der Waals surface area contributed by atoms with Gasteiger partial charge in [0.15, 0.2) is 0 Å². The Morgan fingerprint density at radius 2 is 2.19 bits per heavy atom. The number of carbonyl (C=O) groups is 1. The molecule has 0 radical (unpaired) electrons. The molecule has 1 aliphatic carbocycles. The van der Waals surface area contributed by atoms with Crippen molar-refractivity contribution in [3.8, 4) is 0 Å². The summed E-state index contributed by atoms with van der Waals surface area (Å²) in [6, 6.07) is 7.32. The van der Waals surface area contributed by atoms with Crippen molar-refractivity contribution in [2.24, 2.45) is 11.7 Å². The molecule has 4 heteroatoms. The first-order chi connectivity index (χ1) is 10.1. The zero-order valence-corrected chi connectivity index (χ0v) is 12.8. The van der Waals surface area contributed by atoms with Crippen LogP contribution in [0.2, 0.25) is 0 Å². The van der Waals surface area contributed by atoms with Gasteiger partial charge in [0, 0.05) is 31.4 Å². The van der Waals surface area contributed by atoms with Crippen molar-refractivity contribution < 1.29 is 4.79 Å². The molecule has 1 atom stereocenters. The van der Waals surface area contributed by atoms with Crippen LogP contribution in [0.25, 0.3) is 0 Å². The first-order valence-corrected chi connectivity index (χ1v) is 8.00. The molecule has 4 nitrogen and oxygen atoms in total. The van der Waals surface area contributed by atoms with E-state index in [9.17, 15) is 4.79 Å². The molecule has 1 aromatic rings. The minimum Gasteiger partial charge on any atom is -0.370 e. The van der Waals surface area contributed by atoms with E-state index in [-0.39, 0.29) is 11.8 Å². The molecule has 2 aliphatic rings. The number of aryl methyl sites for hydroxylation is 1. The third kappa shape index (κ3) is 3.56. The summed E-state index contributed by atoms with van der Waals surface area (Å²) >= 11 is 0. The van der Waals surface area contributed by atoms with E-state index in [0.717, 1.165) is 32.5 Å². The fourth-order valence-electron chi connectivity index (χ4n) is 3.13. The molecular formula is C17H25N3O. The van der Waals surface area contributed by atoms with Gasteiger partial charge in [-0.1, -0.05) is 17.7 Å². The van der Waals surface area contributed by atoms with Crippen molar-refractivity contribution in [2.75, 3.05) is 18.0 Å². The highest BCUT2D eigenvalue weighted by Gasteiger charge is 2.26. The second-order valence-electron chi connectivity index (χ2n) is 6.47. The zero-order chi connectivity index (χ0) is 14.8. The molecule has 2 fully saturated rings. The van der Waals surface area contributed by atoms with Crippen LogP contribution < -0.4 is 16.0 Å². The van der Waals surface area contributed by atoms with Crippen LogP contribution in [0.1, 0.15) is 36.8 Å². The van der Waals surface area contributed by atoms with E-state index < -0.39 is 0 Å². The monoisotopic (exact) mass is 287 g/mol. The maximum Gasteiger partial charge on any atom is 0.222 e. The average molecular weight is 287 g/mol. The second-order valence-corrected chi connectivity index (χ2v) is 6.47. The highest BCUT2D eigenvalue weighted by molar-refractivity contribution is 5.77. The zero-order valence-electron chi connectivity index (χ0n) is 12.8. The minimum atomic E-state index is -0.163. The van der Waals surface area contributed by atoms with Gasteiger partial charge in [-0.05, 0) is 44.2 Å². The number of benzene rings is 1. The van der Waals surface area contributed by atoms with Crippen LogP contribution in [0, 0.1) is 12.8 Å². The Labute approximate surface area is 126 Å². The molecule has 114 valence electrons. The molecule has 1 saturated heterocycles. The SMILES string of the molecule is Cc1ccc(N2CCCC(C(N)=O)C2)c(CNC2CC2)c1. The molecule has 1 amide bonds. The molecule has 1 aliphatic heterocycles. The van der Waals surface area contributed by atoms with Crippen LogP contribution in [0.3, 0.4) is 0 Å². The van der Waals surface area contributed by atoms with Crippen molar-refractivity contribution in [1.29, 1.82) is 0 Å². The first kappa shape index (κ1) is 14.4. The molecule has 3 N–H and O–H groups in total. The van der Waals surface area contributed by atoms with Crippen molar-refractivity contribution >= 4 is 11.6 Å². The summed E-state index contributed by atoms with van der Waals surface area (Å²) in [6.45, 7) is 4.82. The number of piperidine rings is 1. The molecule has 3 rings (SSSR count). The number of amides is 1. The molecule has 21 heavy (non-hydrogen) atoms. The number of hydrogen-bond donors (Lipinski definition) is 2. The summed E-state index contributed by atoms with van der Waals surface area (Å²) in [6.07, 6.45) is 4.56. The van der Waals surface area contributed by atoms with Gasteiger partial charge in [-0.2, -0.15) is 0 Å². The number of anilines is 1. The highest BCUT2D eigenvalue weighted by atomic mass is 16.1. The predicted octanol–water partition coefficient (Wildman–Crippen LogP) is 1.95. The number of nitrogens with one attached hydrogen (secondary N) is 1. The number of hydrogen-bond acceptors (Lipinski definition) is 3. The lowest BCUT2D eigenvalue weighted by molar-refractivity contribution is -0.122. The fraction of sp³-hybridized carbons (Fsp3) is 0.588. The molecule has 1 aromatic carbocycles. The topological polar surface area (TPSA) is 58.4 Å². The summed E-state index contributed by atoms with van der Waals surface area (Å²) in [4.78, 5) is 13.8. The average Bonchev–Trinajstić information content (AvgIpc) is 3.29. The van der Waals surface area contributed by atoms with Crippen LogP contribution in [0.5, 0.6) is 0 Å². The Morgan fingerprint density at radius 1 is 1.38 bits per heavy atom. The van der Waals surface area contributed by atoms with Gasteiger partial charge in [-0.15, -0.1) is 0 Å². The number of rotatable bonds is 5. The van der Waals surface area contributed by atoms with Gasteiger partial charge in [-0.3, -0.25) is 4.79 Å². The van der Waals surface area contributed by atoms with Crippen LogP contribution >= 0.6 is 0 Å². The molecule has 0 aromatic heterocycles. The summed E-state index contributed by atoms with van der Waals surface area (Å²) in [5, 5.41) is 3.60. The third-order valence-corrected chi connectivity index (χ3v) is 4.56. The van der Waals surface area contributed by atoms with Gasteiger partial charge in [-0.25, -0.2) is 0 Å². The lowest BCUT2D eigenvalue weighted by Gasteiger charge is -2.34. The van der Waals surface area contributed by atoms with E-state index in [2.05, 4.69) is 35.3 Å². The van der Waals surface area contributed by atoms with E-state index in [4.69, 9.17) is 5.73 Å². The van der Waals surface area contributed by atoms with Gasteiger partial charge >= 0.3 is 0 Å². The van der Waals surface area contributed by atoms with Gasteiger partial charge in [0.2, 0.25) is 5.91 Å². The fourth-order valence-corrected chi connectivity index (χ4v) is 3.13. The largest absolute Gasteiger partial charge is 0.370 e. The van der Waals surface area contributed by atoms with Crippen molar-refractivity contribution in [2.45, 2.75) is 45.2 Å². The number of nitrogens with zero attached hydrogens (tertiary/aromatic N) is 1. The van der Waals surface area contributed by atoms with E-state index in [1.165, 1.54) is 29.7 Å². The van der Waals surface area contributed by atoms with Crippen molar-refractivity contribution in [1.82, 2.24) is 5.32 Å². The molecular weight excluding hydrogens is 262 g/mol.